The fourth-order valence-electron chi connectivity index (χ4n) is 0. The molecule has 0 saturated carbocycles. The number of hydrogen-bond acceptors (Lipinski definition) is 6. The summed E-state index contributed by atoms with van der Waals surface area (Å²) in [4.78, 5) is 0. The van der Waals surface area contributed by atoms with Crippen LogP contribution >= 0.6 is 0 Å². The second-order valence-corrected chi connectivity index (χ2v) is 4.54. The van der Waals surface area contributed by atoms with Crippen molar-refractivity contribution >= 4 is 20.2 Å². The largest absolute Gasteiger partial charge is 3.00 e. The fourth-order valence-corrected chi connectivity index (χ4v) is 0. The molecule has 0 spiro atoms. The minimum atomic E-state index is -6.09. The van der Waals surface area contributed by atoms with Crippen LogP contribution in [0.5, 0.6) is 0 Å². The van der Waals surface area contributed by atoms with Crippen LogP contribution in [-0.4, -0.2) is 37.0 Å². The topological polar surface area (TPSA) is 114 Å². The molecule has 16 heteroatoms. The van der Waals surface area contributed by atoms with Gasteiger partial charge < -0.3 is 9.11 Å². The molecule has 0 heterocycles. The molecule has 0 fully saturated rings. The van der Waals surface area contributed by atoms with E-state index in [9.17, 15) is 26.3 Å². The molecular weight excluding hydrogens is 634 g/mol. The average Bonchev–Trinajstić information content (AvgIpc) is 1.77. The van der Waals surface area contributed by atoms with Gasteiger partial charge in [0, 0.05) is 0 Å². The zero-order valence-corrected chi connectivity index (χ0v) is 12.4. The molecule has 1 radical (unpaired) electrons. The Balaban J connectivity index is -0.0000000980. The molecule has 0 bridgehead atoms. The van der Waals surface area contributed by atoms with E-state index in [1.165, 1.54) is 0 Å². The van der Waals surface area contributed by atoms with E-state index in [-0.39, 0.29) is 74.2 Å². The van der Waals surface area contributed by atoms with E-state index in [2.05, 4.69) is 0 Å². The summed E-state index contributed by atoms with van der Waals surface area (Å²) < 4.78 is 118. The molecule has 0 atom stereocenters. The van der Waals surface area contributed by atoms with Crippen molar-refractivity contribution in [1.29, 1.82) is 0 Å². The number of rotatable bonds is 0. The van der Waals surface area contributed by atoms with Crippen LogP contribution in [0.2, 0.25) is 0 Å². The smallest absolute Gasteiger partial charge is 0.741 e. The van der Waals surface area contributed by atoms with E-state index >= 15 is 0 Å². The molecule has 0 unspecified atom stereocenters. The number of halogens is 6. The maximum Gasteiger partial charge on any atom is 3.00 e. The molecule has 0 amide bonds. The van der Waals surface area contributed by atoms with Gasteiger partial charge in [0.2, 0.25) is 0 Å². The summed E-state index contributed by atoms with van der Waals surface area (Å²) >= 11 is 0. The van der Waals surface area contributed by atoms with Crippen molar-refractivity contribution < 1.29 is 126 Å². The van der Waals surface area contributed by atoms with Crippen molar-refractivity contribution in [3.05, 3.63) is 0 Å². The summed E-state index contributed by atoms with van der Waals surface area (Å²) in [6, 6.07) is 0. The molecule has 0 rings (SSSR count). The maximum atomic E-state index is 10.7. The van der Waals surface area contributed by atoms with Crippen molar-refractivity contribution in [2.45, 2.75) is 11.0 Å². The van der Waals surface area contributed by atoms with Gasteiger partial charge in [-0.2, -0.15) is 26.3 Å². The first kappa shape index (κ1) is 28.1. The molecule has 0 aromatic rings. The Morgan fingerprint density at radius 2 is 0.722 bits per heavy atom. The Morgan fingerprint density at radius 1 is 0.667 bits per heavy atom. The predicted molar refractivity (Wildman–Crippen MR) is 31.5 cm³/mol. The molecule has 0 aliphatic heterocycles. The van der Waals surface area contributed by atoms with Gasteiger partial charge in [-0.3, -0.25) is 0 Å². The second kappa shape index (κ2) is 9.01. The fraction of sp³-hybridized carbons (Fsp3) is 1.00. The van der Waals surface area contributed by atoms with E-state index in [4.69, 9.17) is 25.9 Å². The van der Waals surface area contributed by atoms with Crippen molar-refractivity contribution in [2.24, 2.45) is 0 Å². The molecule has 0 aromatic carbocycles. The van der Waals surface area contributed by atoms with Gasteiger partial charge in [-0.05, 0) is 0 Å². The summed E-state index contributed by atoms with van der Waals surface area (Å²) in [5.74, 6) is 0. The van der Waals surface area contributed by atoms with Gasteiger partial charge in [0.25, 0.3) is 0 Å². The van der Waals surface area contributed by atoms with Crippen molar-refractivity contribution in [2.75, 3.05) is 0 Å². The van der Waals surface area contributed by atoms with Gasteiger partial charge in [-0.25, -0.2) is 16.8 Å². The Kier molecular flexibility index (Phi) is 14.1. The standard InChI is InChI=1S/2CHF3O3S.Er.Tm/c2*2-1(3,4)8(5,6)7;;/h2*(H,5,6,7);;/q;;2*+3/p-2. The Hall–Kier alpha value is 1.88. The van der Waals surface area contributed by atoms with E-state index < -0.39 is 31.3 Å². The van der Waals surface area contributed by atoms with Crippen molar-refractivity contribution in [3.8, 4) is 0 Å². The molecule has 6 nitrogen and oxygen atoms in total. The van der Waals surface area contributed by atoms with Crippen LogP contribution in [0, 0.1) is 74.2 Å². The van der Waals surface area contributed by atoms with Gasteiger partial charge in [-0.1, -0.05) is 0 Å². The molecule has 0 aliphatic carbocycles. The van der Waals surface area contributed by atoms with Gasteiger partial charge in [-0.15, -0.1) is 0 Å². The van der Waals surface area contributed by atoms with Crippen molar-refractivity contribution in [1.82, 2.24) is 0 Å². The molecule has 18 heavy (non-hydrogen) atoms. The van der Waals surface area contributed by atoms with E-state index in [0.717, 1.165) is 0 Å². The van der Waals surface area contributed by atoms with Crippen molar-refractivity contribution in [3.63, 3.8) is 0 Å². The molecule has 0 aromatic heterocycles. The third-order valence-corrected chi connectivity index (χ3v) is 1.70. The van der Waals surface area contributed by atoms with Crippen LogP contribution in [0.15, 0.2) is 0 Å². The van der Waals surface area contributed by atoms with Crippen LogP contribution in [0.3, 0.4) is 0 Å². The minimum absolute atomic E-state index is 0. The Bertz CT molecular complexity index is 380. The normalized spacial score (nSPS) is 12.4. The summed E-state index contributed by atoms with van der Waals surface area (Å²) in [7, 11) is -12.2. The maximum absolute atomic E-state index is 10.7. The van der Waals surface area contributed by atoms with Crippen LogP contribution < -0.4 is 0 Å². The summed E-state index contributed by atoms with van der Waals surface area (Å²) in [6.45, 7) is 0. The first-order valence-corrected chi connectivity index (χ1v) is 5.36. The average molecular weight is 634 g/mol. The third kappa shape index (κ3) is 12.9. The van der Waals surface area contributed by atoms with Gasteiger partial charge in [0.05, 0.1) is 0 Å². The van der Waals surface area contributed by atoms with Crippen LogP contribution in [0.25, 0.3) is 0 Å². The molecule has 0 N–H and O–H groups in total. The van der Waals surface area contributed by atoms with Gasteiger partial charge in [0.1, 0.15) is 0 Å². The Morgan fingerprint density at radius 3 is 0.722 bits per heavy atom. The van der Waals surface area contributed by atoms with Gasteiger partial charge in [0.15, 0.2) is 20.2 Å². The molecule has 0 aliphatic rings. The molecule has 119 valence electrons. The quantitative estimate of drug-likeness (QED) is 0.212. The molecule has 0 saturated heterocycles. The summed E-state index contributed by atoms with van der Waals surface area (Å²) in [6.07, 6.45) is 0. The summed E-state index contributed by atoms with van der Waals surface area (Å²) in [5, 5.41) is 0. The zero-order chi connectivity index (χ0) is 14.0. The molecular formula is C2ErF6O6S2Tm+4. The van der Waals surface area contributed by atoms with E-state index in [0.29, 0.717) is 0 Å². The van der Waals surface area contributed by atoms with E-state index in [1.807, 2.05) is 0 Å². The minimum Gasteiger partial charge on any atom is -0.741 e. The monoisotopic (exact) mass is 633 g/mol. The van der Waals surface area contributed by atoms with Crippen LogP contribution in [0.1, 0.15) is 0 Å². The first-order valence-electron chi connectivity index (χ1n) is 2.54. The summed E-state index contributed by atoms with van der Waals surface area (Å²) in [5.41, 5.74) is -11.3. The SMILES string of the molecule is O=S(=O)([O-])C(F)(F)F.O=S(=O)([O-])C(F)(F)F.[Er+3].[Tm+3]. The Labute approximate surface area is 155 Å². The van der Waals surface area contributed by atoms with Gasteiger partial charge >= 0.3 is 85.2 Å². The second-order valence-electron chi connectivity index (χ2n) is 1.80. The third-order valence-electron chi connectivity index (χ3n) is 0.567. The predicted octanol–water partition coefficient (Wildman–Crippen LogP) is 0.103. The van der Waals surface area contributed by atoms with Crippen LogP contribution in [0.4, 0.5) is 26.3 Å². The zero-order valence-electron chi connectivity index (χ0n) is 7.10. The number of alkyl halides is 6. The van der Waals surface area contributed by atoms with E-state index in [1.54, 1.807) is 0 Å². The van der Waals surface area contributed by atoms with Crippen LogP contribution in [-0.2, 0) is 20.2 Å². The number of hydrogen-bond donors (Lipinski definition) is 0. The first-order chi connectivity index (χ1) is 6.50.